The van der Waals surface area contributed by atoms with Gasteiger partial charge in [0, 0.05) is 38.3 Å². The van der Waals surface area contributed by atoms with E-state index in [1.807, 2.05) is 18.2 Å². The number of rotatable bonds is 3. The van der Waals surface area contributed by atoms with Gasteiger partial charge in [0.2, 0.25) is 0 Å². The van der Waals surface area contributed by atoms with Gasteiger partial charge in [-0.05, 0) is 48.2 Å². The number of benzene rings is 2. The van der Waals surface area contributed by atoms with Crippen molar-refractivity contribution in [1.82, 2.24) is 15.1 Å². The van der Waals surface area contributed by atoms with E-state index in [0.717, 1.165) is 43.9 Å². The van der Waals surface area contributed by atoms with Crippen molar-refractivity contribution < 1.29 is 14.0 Å². The van der Waals surface area contributed by atoms with Crippen molar-refractivity contribution in [1.29, 1.82) is 0 Å². The van der Waals surface area contributed by atoms with Gasteiger partial charge < -0.3 is 10.2 Å². The number of amides is 3. The number of fused-ring (bicyclic) bond motifs is 1. The first-order chi connectivity index (χ1) is 14.5. The molecule has 6 nitrogen and oxygen atoms in total. The second kappa shape index (κ2) is 7.40. The third kappa shape index (κ3) is 3.33. The standard InChI is InChI=1S/C23H25FN4O2/c24-19-5-7-20(8-6-19)27-13-11-26(12-14-27)16-28-21(29)23(25-22(28)30)10-9-17-3-1-2-4-18(17)15-23/h1-8H,9-16H2,(H,25,30). The first-order valence-electron chi connectivity index (χ1n) is 10.5. The highest BCUT2D eigenvalue weighted by Gasteiger charge is 2.52. The van der Waals surface area contributed by atoms with Crippen molar-refractivity contribution in [3.8, 4) is 0 Å². The van der Waals surface area contributed by atoms with E-state index in [4.69, 9.17) is 0 Å². The van der Waals surface area contributed by atoms with Crippen LogP contribution in [0, 0.1) is 5.82 Å². The highest BCUT2D eigenvalue weighted by molar-refractivity contribution is 6.07. The van der Waals surface area contributed by atoms with Crippen LogP contribution in [0.5, 0.6) is 0 Å². The molecule has 30 heavy (non-hydrogen) atoms. The molecule has 2 heterocycles. The third-order valence-corrected chi connectivity index (χ3v) is 6.58. The molecule has 0 aromatic heterocycles. The smallest absolute Gasteiger partial charge is 0.326 e. The fraction of sp³-hybridized carbons (Fsp3) is 0.391. The molecule has 3 amide bonds. The molecule has 2 fully saturated rings. The summed E-state index contributed by atoms with van der Waals surface area (Å²) in [6, 6.07) is 14.4. The van der Waals surface area contributed by atoms with Gasteiger partial charge in [0.25, 0.3) is 5.91 Å². The molecular weight excluding hydrogens is 383 g/mol. The van der Waals surface area contributed by atoms with Gasteiger partial charge in [0.1, 0.15) is 11.4 Å². The fourth-order valence-electron chi connectivity index (χ4n) is 4.83. The molecule has 156 valence electrons. The largest absolute Gasteiger partial charge is 0.369 e. The molecular formula is C23H25FN4O2. The van der Waals surface area contributed by atoms with Gasteiger partial charge in [0.05, 0.1) is 6.67 Å². The quantitative estimate of drug-likeness (QED) is 0.793. The zero-order valence-electron chi connectivity index (χ0n) is 16.8. The van der Waals surface area contributed by atoms with Gasteiger partial charge in [-0.2, -0.15) is 0 Å². The zero-order chi connectivity index (χ0) is 20.7. The second-order valence-electron chi connectivity index (χ2n) is 8.41. The average Bonchev–Trinajstić information content (AvgIpc) is 2.98. The molecule has 0 saturated carbocycles. The van der Waals surface area contributed by atoms with Crippen LogP contribution in [0.3, 0.4) is 0 Å². The maximum absolute atomic E-state index is 13.3. The summed E-state index contributed by atoms with van der Waals surface area (Å²) in [6.07, 6.45) is 2.00. The number of imide groups is 1. The SMILES string of the molecule is O=C1NC2(CCc3ccccc3C2)C(=O)N1CN1CCN(c2ccc(F)cc2)CC1. The van der Waals surface area contributed by atoms with E-state index in [-0.39, 0.29) is 17.8 Å². The number of urea groups is 1. The van der Waals surface area contributed by atoms with Gasteiger partial charge >= 0.3 is 6.03 Å². The lowest BCUT2D eigenvalue weighted by Gasteiger charge is -2.37. The van der Waals surface area contributed by atoms with E-state index >= 15 is 0 Å². The van der Waals surface area contributed by atoms with E-state index in [2.05, 4.69) is 21.2 Å². The highest BCUT2D eigenvalue weighted by atomic mass is 19.1. The Morgan fingerprint density at radius 3 is 2.37 bits per heavy atom. The number of anilines is 1. The van der Waals surface area contributed by atoms with Gasteiger partial charge in [-0.25, -0.2) is 14.1 Å². The highest BCUT2D eigenvalue weighted by Crippen LogP contribution is 2.33. The van der Waals surface area contributed by atoms with Crippen LogP contribution in [0.15, 0.2) is 48.5 Å². The van der Waals surface area contributed by atoms with Crippen LogP contribution in [0.4, 0.5) is 14.9 Å². The topological polar surface area (TPSA) is 55.9 Å². The predicted molar refractivity (Wildman–Crippen MR) is 112 cm³/mol. The van der Waals surface area contributed by atoms with Crippen molar-refractivity contribution >= 4 is 17.6 Å². The molecule has 2 aromatic carbocycles. The number of carbonyl (C=O) groups excluding carboxylic acids is 2. The maximum atomic E-state index is 13.3. The molecule has 0 radical (unpaired) electrons. The lowest BCUT2D eigenvalue weighted by atomic mass is 9.78. The van der Waals surface area contributed by atoms with Crippen LogP contribution in [-0.2, 0) is 17.6 Å². The molecule has 0 bridgehead atoms. The van der Waals surface area contributed by atoms with Crippen LogP contribution >= 0.6 is 0 Å². The number of hydrogen-bond acceptors (Lipinski definition) is 4. The number of carbonyl (C=O) groups is 2. The lowest BCUT2D eigenvalue weighted by molar-refractivity contribution is -0.133. The summed E-state index contributed by atoms with van der Waals surface area (Å²) in [6.45, 7) is 3.33. The van der Waals surface area contributed by atoms with E-state index in [0.29, 0.717) is 19.5 Å². The van der Waals surface area contributed by atoms with Crippen LogP contribution in [0.2, 0.25) is 0 Å². The number of aryl methyl sites for hydroxylation is 1. The molecule has 1 atom stereocenters. The Bertz CT molecular complexity index is 971. The Hall–Kier alpha value is -2.93. The van der Waals surface area contributed by atoms with Gasteiger partial charge in [-0.15, -0.1) is 0 Å². The number of nitrogens with zero attached hydrogens (tertiary/aromatic N) is 3. The Kier molecular flexibility index (Phi) is 4.70. The summed E-state index contributed by atoms with van der Waals surface area (Å²) in [5.41, 5.74) is 2.60. The predicted octanol–water partition coefficient (Wildman–Crippen LogP) is 2.38. The van der Waals surface area contributed by atoms with Crippen LogP contribution in [0.25, 0.3) is 0 Å². The van der Waals surface area contributed by atoms with E-state index in [1.54, 1.807) is 12.1 Å². The summed E-state index contributed by atoms with van der Waals surface area (Å²) in [5, 5.41) is 3.00. The van der Waals surface area contributed by atoms with Gasteiger partial charge in [-0.1, -0.05) is 24.3 Å². The van der Waals surface area contributed by atoms with E-state index < -0.39 is 5.54 Å². The first-order valence-corrected chi connectivity index (χ1v) is 10.5. The minimum Gasteiger partial charge on any atom is -0.369 e. The number of piperazine rings is 1. The van der Waals surface area contributed by atoms with Crippen molar-refractivity contribution in [2.24, 2.45) is 0 Å². The monoisotopic (exact) mass is 408 g/mol. The summed E-state index contributed by atoms with van der Waals surface area (Å²) in [5.74, 6) is -0.349. The van der Waals surface area contributed by atoms with Gasteiger partial charge in [0.15, 0.2) is 0 Å². The van der Waals surface area contributed by atoms with Crippen molar-refractivity contribution in [3.63, 3.8) is 0 Å². The third-order valence-electron chi connectivity index (χ3n) is 6.58. The molecule has 1 unspecified atom stereocenters. The van der Waals surface area contributed by atoms with Crippen LogP contribution in [-0.4, -0.2) is 60.1 Å². The lowest BCUT2D eigenvalue weighted by Crippen LogP contribution is -2.53. The fourth-order valence-corrected chi connectivity index (χ4v) is 4.83. The van der Waals surface area contributed by atoms with Gasteiger partial charge in [-0.3, -0.25) is 9.69 Å². The molecule has 2 aromatic rings. The molecule has 3 aliphatic rings. The number of hydrogen-bond donors (Lipinski definition) is 1. The Labute approximate surface area is 175 Å². The summed E-state index contributed by atoms with van der Waals surface area (Å²) >= 11 is 0. The van der Waals surface area contributed by atoms with Crippen molar-refractivity contribution in [2.75, 3.05) is 37.7 Å². The average molecular weight is 408 g/mol. The molecule has 7 heteroatoms. The summed E-state index contributed by atoms with van der Waals surface area (Å²) < 4.78 is 13.1. The molecule has 5 rings (SSSR count). The van der Waals surface area contributed by atoms with E-state index in [1.165, 1.54) is 22.6 Å². The van der Waals surface area contributed by atoms with Crippen molar-refractivity contribution in [2.45, 2.75) is 24.8 Å². The maximum Gasteiger partial charge on any atom is 0.326 e. The zero-order valence-corrected chi connectivity index (χ0v) is 16.8. The van der Waals surface area contributed by atoms with Crippen LogP contribution < -0.4 is 10.2 Å². The van der Waals surface area contributed by atoms with Crippen LogP contribution in [0.1, 0.15) is 17.5 Å². The second-order valence-corrected chi connectivity index (χ2v) is 8.41. The van der Waals surface area contributed by atoms with E-state index in [9.17, 15) is 14.0 Å². The molecule has 2 saturated heterocycles. The minimum atomic E-state index is -0.804. The number of nitrogens with one attached hydrogen (secondary N) is 1. The molecule has 1 N–H and O–H groups in total. The summed E-state index contributed by atoms with van der Waals surface area (Å²) in [7, 11) is 0. The molecule has 1 spiro atoms. The summed E-state index contributed by atoms with van der Waals surface area (Å²) in [4.78, 5) is 31.7. The Balaban J connectivity index is 1.23. The normalized spacial score (nSPS) is 24.3. The number of halogens is 1. The van der Waals surface area contributed by atoms with Crippen molar-refractivity contribution in [3.05, 3.63) is 65.5 Å². The Morgan fingerprint density at radius 1 is 0.933 bits per heavy atom. The Morgan fingerprint density at radius 2 is 1.63 bits per heavy atom. The minimum absolute atomic E-state index is 0.108. The molecule has 2 aliphatic heterocycles. The molecule has 1 aliphatic carbocycles. The first kappa shape index (κ1) is 19.1.